The van der Waals surface area contributed by atoms with Crippen molar-refractivity contribution >= 4 is 45.3 Å². The number of carbonyl (C=O) groups excluding carboxylic acids is 2. The van der Waals surface area contributed by atoms with Gasteiger partial charge in [-0.3, -0.25) is 28.8 Å². The van der Waals surface area contributed by atoms with Crippen LogP contribution in [0.1, 0.15) is 31.8 Å². The van der Waals surface area contributed by atoms with Gasteiger partial charge in [-0.15, -0.1) is 0 Å². The lowest BCUT2D eigenvalue weighted by Gasteiger charge is -2.03. The Morgan fingerprint density at radius 3 is 1.12 bits per heavy atom. The third-order valence-corrected chi connectivity index (χ3v) is 8.12. The number of nitrogens with zero attached hydrogens (tertiary/aromatic N) is 2. The van der Waals surface area contributed by atoms with Crippen LogP contribution in [0.3, 0.4) is 0 Å². The maximum absolute atomic E-state index is 13.6. The molecule has 0 atom stereocenters. The molecule has 0 aliphatic carbocycles. The first-order valence-electron chi connectivity index (χ1n) is 15.0. The number of aromatic nitrogens is 2. The first-order valence-corrected chi connectivity index (χ1v) is 15.0. The van der Waals surface area contributed by atoms with Crippen LogP contribution in [0.2, 0.25) is 0 Å². The van der Waals surface area contributed by atoms with E-state index in [1.807, 2.05) is 60.7 Å². The highest BCUT2D eigenvalue weighted by molar-refractivity contribution is 6.08. The summed E-state index contributed by atoms with van der Waals surface area (Å²) in [6.45, 7) is 0. The molecule has 0 amide bonds. The number of ketones is 2. The number of benzene rings is 5. The van der Waals surface area contributed by atoms with Crippen molar-refractivity contribution in [1.82, 2.24) is 9.13 Å². The maximum Gasteiger partial charge on any atom is 0.266 e. The lowest BCUT2D eigenvalue weighted by atomic mass is 10.1. The molecule has 230 valence electrons. The third kappa shape index (κ3) is 5.37. The number of hydrogen-bond acceptors (Lipinski definition) is 6. The van der Waals surface area contributed by atoms with Crippen LogP contribution in [-0.2, 0) is 0 Å². The molecule has 0 unspecified atom stereocenters. The zero-order chi connectivity index (χ0) is 33.4. The van der Waals surface area contributed by atoms with E-state index in [-0.39, 0.29) is 55.6 Å². The van der Waals surface area contributed by atoms with Crippen LogP contribution in [0.15, 0.2) is 153 Å². The van der Waals surface area contributed by atoms with E-state index in [0.717, 1.165) is 20.3 Å². The van der Waals surface area contributed by atoms with Crippen LogP contribution in [0, 0.1) is 0 Å². The van der Waals surface area contributed by atoms with Crippen molar-refractivity contribution in [2.24, 2.45) is 0 Å². The van der Waals surface area contributed by atoms with Crippen molar-refractivity contribution in [1.29, 1.82) is 0 Å². The van der Waals surface area contributed by atoms with Crippen molar-refractivity contribution in [3.8, 4) is 11.4 Å². The number of rotatable bonds is 8. The molecule has 0 N–H and O–H groups in total. The van der Waals surface area contributed by atoms with Crippen LogP contribution in [0.5, 0.6) is 0 Å². The molecule has 0 spiro atoms. The molecule has 48 heavy (non-hydrogen) atoms. The summed E-state index contributed by atoms with van der Waals surface area (Å²) in [5.41, 5.74) is -0.128. The largest absolute Gasteiger partial charge is 0.289 e. The summed E-state index contributed by atoms with van der Waals surface area (Å²) < 4.78 is 1.87. The molecular weight excluding hydrogens is 604 g/mol. The number of allylic oxidation sites excluding steroid dienone is 2. The van der Waals surface area contributed by atoms with Crippen LogP contribution in [-0.4, -0.2) is 20.7 Å². The lowest BCUT2D eigenvalue weighted by molar-refractivity contribution is 0.103. The summed E-state index contributed by atoms with van der Waals surface area (Å²) in [7, 11) is 0. The first-order chi connectivity index (χ1) is 23.3. The Balaban J connectivity index is 1.25. The minimum absolute atomic E-state index is 0.0302. The third-order valence-electron chi connectivity index (χ3n) is 8.12. The van der Waals surface area contributed by atoms with E-state index in [4.69, 9.17) is 0 Å². The highest BCUT2D eigenvalue weighted by Gasteiger charge is 2.21. The topological polar surface area (TPSA) is 112 Å². The Bertz CT molecular complexity index is 2410. The van der Waals surface area contributed by atoms with Gasteiger partial charge in [0.15, 0.2) is 11.6 Å². The van der Waals surface area contributed by atoms with Gasteiger partial charge < -0.3 is 0 Å². The van der Waals surface area contributed by atoms with E-state index >= 15 is 0 Å². The monoisotopic (exact) mass is 628 g/mol. The normalized spacial score (nSPS) is 11.7. The van der Waals surface area contributed by atoms with Crippen LogP contribution in [0.25, 0.3) is 45.1 Å². The minimum atomic E-state index is -0.682. The summed E-state index contributed by atoms with van der Waals surface area (Å²) in [5, 5.41) is -0.121. The van der Waals surface area contributed by atoms with Crippen molar-refractivity contribution in [3.05, 3.63) is 197 Å². The number of fused-ring (bicyclic) bond motifs is 2. The lowest BCUT2D eigenvalue weighted by Crippen LogP contribution is -2.24. The molecule has 8 heteroatoms. The average molecular weight is 629 g/mol. The standard InChI is InChI=1S/C40H24N2O6/c43-35(19-17-25-9-3-1-4-10-25)27-13-7-15-29(21-27)41-37(45)31-23-33-34(24-32(31)38(41)46)40(48)42(39(33)47)30-16-8-14-28(22-30)36(44)20-18-26-11-5-2-6-12-26/h1-24H. The molecule has 7 rings (SSSR count). The van der Waals surface area contributed by atoms with E-state index in [1.54, 1.807) is 36.4 Å². The summed E-state index contributed by atoms with van der Waals surface area (Å²) in [6.07, 6.45) is 6.18. The highest BCUT2D eigenvalue weighted by Crippen LogP contribution is 2.19. The molecule has 2 aromatic heterocycles. The molecular formula is C40H24N2O6. The SMILES string of the molecule is O=C(C=Cc1ccccc1)c1cccc(-n2c(=O)c3cc4c(=O)n(-c5cccc(C(=O)C=Cc6ccccc6)c5)c(=O)c4cc3c2=O)c1. The molecule has 0 aliphatic heterocycles. The quantitative estimate of drug-likeness (QED) is 0.158. The first kappa shape index (κ1) is 29.9. The summed E-state index contributed by atoms with van der Waals surface area (Å²) in [4.78, 5) is 80.1. The van der Waals surface area contributed by atoms with Gasteiger partial charge in [0.2, 0.25) is 0 Å². The summed E-state index contributed by atoms with van der Waals surface area (Å²) >= 11 is 0. The Kier molecular flexibility index (Phi) is 7.59. The van der Waals surface area contributed by atoms with Crippen molar-refractivity contribution < 1.29 is 9.59 Å². The van der Waals surface area contributed by atoms with E-state index in [2.05, 4.69) is 0 Å². The van der Waals surface area contributed by atoms with Crippen LogP contribution >= 0.6 is 0 Å². The molecule has 8 nitrogen and oxygen atoms in total. The van der Waals surface area contributed by atoms with Gasteiger partial charge in [0, 0.05) is 11.1 Å². The molecule has 0 radical (unpaired) electrons. The second-order valence-electron chi connectivity index (χ2n) is 11.2. The summed E-state index contributed by atoms with van der Waals surface area (Å²) in [5.74, 6) is -0.629. The second kappa shape index (κ2) is 12.2. The summed E-state index contributed by atoms with van der Waals surface area (Å²) in [6, 6.07) is 33.4. The fourth-order valence-corrected chi connectivity index (χ4v) is 5.70. The number of carbonyl (C=O) groups is 2. The fraction of sp³-hybridized carbons (Fsp3) is 0. The van der Waals surface area contributed by atoms with Gasteiger partial charge in [-0.1, -0.05) is 97.1 Å². The Labute approximate surface area is 272 Å². The van der Waals surface area contributed by atoms with Crippen molar-refractivity contribution in [2.45, 2.75) is 0 Å². The molecule has 0 saturated carbocycles. The predicted octanol–water partition coefficient (Wildman–Crippen LogP) is 5.68. The molecule has 0 fully saturated rings. The van der Waals surface area contributed by atoms with Gasteiger partial charge >= 0.3 is 0 Å². The Hall–Kier alpha value is -6.80. The van der Waals surface area contributed by atoms with Crippen LogP contribution < -0.4 is 22.2 Å². The van der Waals surface area contributed by atoms with Crippen molar-refractivity contribution in [3.63, 3.8) is 0 Å². The zero-order valence-corrected chi connectivity index (χ0v) is 25.2. The number of hydrogen-bond donors (Lipinski definition) is 0. The maximum atomic E-state index is 13.6. The van der Waals surface area contributed by atoms with Gasteiger partial charge in [0.25, 0.3) is 22.2 Å². The fourth-order valence-electron chi connectivity index (χ4n) is 5.70. The predicted molar refractivity (Wildman–Crippen MR) is 187 cm³/mol. The Morgan fingerprint density at radius 1 is 0.417 bits per heavy atom. The van der Waals surface area contributed by atoms with E-state index in [9.17, 15) is 28.8 Å². The van der Waals surface area contributed by atoms with Gasteiger partial charge in [0.05, 0.1) is 32.9 Å². The van der Waals surface area contributed by atoms with E-state index in [0.29, 0.717) is 0 Å². The zero-order valence-electron chi connectivity index (χ0n) is 25.2. The van der Waals surface area contributed by atoms with E-state index < -0.39 is 22.2 Å². The molecule has 0 bridgehead atoms. The van der Waals surface area contributed by atoms with Gasteiger partial charge in [-0.25, -0.2) is 9.13 Å². The minimum Gasteiger partial charge on any atom is -0.289 e. The molecule has 2 heterocycles. The van der Waals surface area contributed by atoms with Gasteiger partial charge in [-0.05, 0) is 59.7 Å². The van der Waals surface area contributed by atoms with E-state index in [1.165, 1.54) is 48.6 Å². The highest BCUT2D eigenvalue weighted by atomic mass is 16.2. The molecule has 0 aliphatic rings. The average Bonchev–Trinajstić information content (AvgIpc) is 3.52. The Morgan fingerprint density at radius 2 is 0.771 bits per heavy atom. The smallest absolute Gasteiger partial charge is 0.266 e. The second-order valence-corrected chi connectivity index (χ2v) is 11.2. The molecule has 0 saturated heterocycles. The van der Waals surface area contributed by atoms with Gasteiger partial charge in [-0.2, -0.15) is 0 Å². The van der Waals surface area contributed by atoms with Crippen LogP contribution in [0.4, 0.5) is 0 Å². The van der Waals surface area contributed by atoms with Gasteiger partial charge in [0.1, 0.15) is 0 Å². The molecule has 7 aromatic rings. The van der Waals surface area contributed by atoms with Crippen molar-refractivity contribution in [2.75, 3.05) is 0 Å². The molecule has 5 aromatic carbocycles.